The molecule has 0 bridgehead atoms. The Labute approximate surface area is 162 Å². The van der Waals surface area contributed by atoms with Gasteiger partial charge in [-0.05, 0) is 61.7 Å². The van der Waals surface area contributed by atoms with Gasteiger partial charge in [-0.1, -0.05) is 12.1 Å². The van der Waals surface area contributed by atoms with Crippen molar-refractivity contribution in [1.29, 1.82) is 0 Å². The fraction of sp³-hybridized carbons (Fsp3) is 0.350. The zero-order valence-corrected chi connectivity index (χ0v) is 16.2. The topological polar surface area (TPSA) is 63.7 Å². The third-order valence-electron chi connectivity index (χ3n) is 4.75. The molecule has 2 aromatic rings. The van der Waals surface area contributed by atoms with Crippen LogP contribution in [0.1, 0.15) is 41.7 Å². The molecule has 8 heteroatoms. The van der Waals surface area contributed by atoms with Crippen molar-refractivity contribution in [2.45, 2.75) is 36.5 Å². The standard InChI is InChI=1S/C20H21F2NO4S/c1-2-27-16-9-5-14(6-10-16)18-4-3-13-23(18)19(24)15-7-11-17(12-8-15)28(25,26)20(21)22/h5-12,18,20H,2-4,13H2,1H3/t18-/m1/s1. The van der Waals surface area contributed by atoms with Crippen molar-refractivity contribution in [2.24, 2.45) is 0 Å². The van der Waals surface area contributed by atoms with Gasteiger partial charge in [0.1, 0.15) is 5.75 Å². The zero-order chi connectivity index (χ0) is 20.3. The molecule has 0 unspecified atom stereocenters. The van der Waals surface area contributed by atoms with E-state index in [1.54, 1.807) is 4.90 Å². The summed E-state index contributed by atoms with van der Waals surface area (Å²) < 4.78 is 53.8. The third kappa shape index (κ3) is 4.01. The van der Waals surface area contributed by atoms with Gasteiger partial charge in [0.2, 0.25) is 9.84 Å². The second kappa shape index (κ2) is 8.26. The van der Waals surface area contributed by atoms with Gasteiger partial charge in [0, 0.05) is 12.1 Å². The summed E-state index contributed by atoms with van der Waals surface area (Å²) in [6, 6.07) is 12.2. The SMILES string of the molecule is CCOc1ccc([C@H]2CCCN2C(=O)c2ccc(S(=O)(=O)C(F)F)cc2)cc1. The summed E-state index contributed by atoms with van der Waals surface area (Å²) in [6.45, 7) is 3.06. The highest BCUT2D eigenvalue weighted by Gasteiger charge is 2.31. The van der Waals surface area contributed by atoms with E-state index < -0.39 is 20.5 Å². The minimum atomic E-state index is -4.67. The van der Waals surface area contributed by atoms with Gasteiger partial charge in [-0.25, -0.2) is 8.42 Å². The van der Waals surface area contributed by atoms with E-state index in [0.717, 1.165) is 36.3 Å². The van der Waals surface area contributed by atoms with E-state index in [2.05, 4.69) is 0 Å². The number of carbonyl (C=O) groups excluding carboxylic acids is 1. The Morgan fingerprint density at radius 1 is 1.14 bits per heavy atom. The molecule has 0 aliphatic carbocycles. The van der Waals surface area contributed by atoms with Gasteiger partial charge in [0.15, 0.2) is 0 Å². The first-order chi connectivity index (χ1) is 13.3. The molecule has 1 fully saturated rings. The number of amides is 1. The first-order valence-electron chi connectivity index (χ1n) is 9.00. The van der Waals surface area contributed by atoms with Gasteiger partial charge in [0.25, 0.3) is 5.91 Å². The average Bonchev–Trinajstić information content (AvgIpc) is 3.18. The number of carbonyl (C=O) groups is 1. The molecule has 3 rings (SSSR count). The van der Waals surface area contributed by atoms with Crippen LogP contribution in [0.4, 0.5) is 8.78 Å². The highest BCUT2D eigenvalue weighted by Crippen LogP contribution is 2.34. The van der Waals surface area contributed by atoms with Crippen LogP contribution in [-0.4, -0.2) is 38.1 Å². The molecule has 0 N–H and O–H groups in total. The van der Waals surface area contributed by atoms with Crippen LogP contribution in [0.2, 0.25) is 0 Å². The maximum atomic E-state index is 12.9. The number of hydrogen-bond donors (Lipinski definition) is 0. The second-order valence-corrected chi connectivity index (χ2v) is 8.41. The summed E-state index contributed by atoms with van der Waals surface area (Å²) in [5.74, 6) is -2.98. The van der Waals surface area contributed by atoms with E-state index in [9.17, 15) is 22.0 Å². The molecule has 1 atom stereocenters. The van der Waals surface area contributed by atoms with E-state index in [1.165, 1.54) is 12.1 Å². The molecule has 0 saturated carbocycles. The Balaban J connectivity index is 1.79. The number of alkyl halides is 2. The van der Waals surface area contributed by atoms with Crippen molar-refractivity contribution in [1.82, 2.24) is 4.90 Å². The molecule has 5 nitrogen and oxygen atoms in total. The van der Waals surface area contributed by atoms with Gasteiger partial charge in [0.05, 0.1) is 17.5 Å². The van der Waals surface area contributed by atoms with Crippen LogP contribution >= 0.6 is 0 Å². The maximum absolute atomic E-state index is 12.9. The van der Waals surface area contributed by atoms with Crippen LogP contribution in [0.5, 0.6) is 5.75 Å². The van der Waals surface area contributed by atoms with Crippen LogP contribution in [0.25, 0.3) is 0 Å². The molecule has 1 aliphatic heterocycles. The van der Waals surface area contributed by atoms with Crippen molar-refractivity contribution in [3.8, 4) is 5.75 Å². The van der Waals surface area contributed by atoms with Crippen LogP contribution in [0.15, 0.2) is 53.4 Å². The Bertz CT molecular complexity index is 928. The number of halogens is 2. The average molecular weight is 409 g/mol. The van der Waals surface area contributed by atoms with E-state index in [-0.39, 0.29) is 17.5 Å². The summed E-state index contributed by atoms with van der Waals surface area (Å²) >= 11 is 0. The minimum Gasteiger partial charge on any atom is -0.494 e. The molecular weight excluding hydrogens is 388 g/mol. The number of benzene rings is 2. The van der Waals surface area contributed by atoms with Crippen LogP contribution in [-0.2, 0) is 9.84 Å². The smallest absolute Gasteiger partial charge is 0.341 e. The van der Waals surface area contributed by atoms with Crippen LogP contribution in [0, 0.1) is 0 Å². The largest absolute Gasteiger partial charge is 0.494 e. The minimum absolute atomic E-state index is 0.0901. The summed E-state index contributed by atoms with van der Waals surface area (Å²) in [5, 5.41) is 0. The number of hydrogen-bond acceptors (Lipinski definition) is 4. The van der Waals surface area contributed by atoms with Gasteiger partial charge < -0.3 is 9.64 Å². The first kappa shape index (κ1) is 20.3. The van der Waals surface area contributed by atoms with E-state index in [0.29, 0.717) is 13.2 Å². The van der Waals surface area contributed by atoms with Crippen molar-refractivity contribution in [3.63, 3.8) is 0 Å². The number of rotatable bonds is 6. The number of sulfone groups is 1. The zero-order valence-electron chi connectivity index (χ0n) is 15.3. The maximum Gasteiger partial charge on any atom is 0.341 e. The predicted octanol–water partition coefficient (Wildman–Crippen LogP) is 4.06. The molecule has 0 spiro atoms. The van der Waals surface area contributed by atoms with Crippen molar-refractivity contribution in [3.05, 3.63) is 59.7 Å². The second-order valence-electron chi connectivity index (χ2n) is 6.49. The molecular formula is C20H21F2NO4S. The van der Waals surface area contributed by atoms with E-state index >= 15 is 0 Å². The molecule has 28 heavy (non-hydrogen) atoms. The van der Waals surface area contributed by atoms with E-state index in [4.69, 9.17) is 4.74 Å². The number of nitrogens with zero attached hydrogens (tertiary/aromatic N) is 1. The number of likely N-dealkylation sites (tertiary alicyclic amines) is 1. The quantitative estimate of drug-likeness (QED) is 0.722. The molecule has 0 aromatic heterocycles. The third-order valence-corrected chi connectivity index (χ3v) is 6.15. The summed E-state index contributed by atoms with van der Waals surface area (Å²) in [4.78, 5) is 14.1. The molecule has 1 heterocycles. The lowest BCUT2D eigenvalue weighted by Gasteiger charge is -2.25. The van der Waals surface area contributed by atoms with Crippen LogP contribution < -0.4 is 4.74 Å². The fourth-order valence-electron chi connectivity index (χ4n) is 3.37. The predicted molar refractivity (Wildman–Crippen MR) is 100 cm³/mol. The lowest BCUT2D eigenvalue weighted by molar-refractivity contribution is 0.0735. The number of ether oxygens (including phenoxy) is 1. The fourth-order valence-corrected chi connectivity index (χ4v) is 4.09. The van der Waals surface area contributed by atoms with Gasteiger partial charge in [-0.15, -0.1) is 0 Å². The molecule has 1 saturated heterocycles. The Morgan fingerprint density at radius 2 is 1.79 bits per heavy atom. The summed E-state index contributed by atoms with van der Waals surface area (Å²) in [6.07, 6.45) is 1.67. The van der Waals surface area contributed by atoms with Crippen molar-refractivity contribution in [2.75, 3.05) is 13.2 Å². The Morgan fingerprint density at radius 3 is 2.36 bits per heavy atom. The van der Waals surface area contributed by atoms with E-state index in [1.807, 2.05) is 31.2 Å². The van der Waals surface area contributed by atoms with Gasteiger partial charge in [-0.2, -0.15) is 8.78 Å². The highest BCUT2D eigenvalue weighted by atomic mass is 32.2. The molecule has 150 valence electrons. The van der Waals surface area contributed by atoms with Gasteiger partial charge in [-0.3, -0.25) is 4.79 Å². The lowest BCUT2D eigenvalue weighted by atomic mass is 10.0. The summed E-state index contributed by atoms with van der Waals surface area (Å²) in [5.41, 5.74) is 1.26. The molecule has 1 aliphatic rings. The van der Waals surface area contributed by atoms with Crippen molar-refractivity contribution < 1.29 is 26.7 Å². The Kier molecular flexibility index (Phi) is 5.98. The molecule has 0 radical (unpaired) electrons. The van der Waals surface area contributed by atoms with Crippen LogP contribution in [0.3, 0.4) is 0 Å². The Hall–Kier alpha value is -2.48. The lowest BCUT2D eigenvalue weighted by Crippen LogP contribution is -2.30. The highest BCUT2D eigenvalue weighted by molar-refractivity contribution is 7.91. The summed E-state index contributed by atoms with van der Waals surface area (Å²) in [7, 11) is -4.67. The normalized spacial score (nSPS) is 17.1. The van der Waals surface area contributed by atoms with Gasteiger partial charge >= 0.3 is 5.76 Å². The van der Waals surface area contributed by atoms with Crippen molar-refractivity contribution >= 4 is 15.7 Å². The molecule has 2 aromatic carbocycles. The monoisotopic (exact) mass is 409 g/mol. The first-order valence-corrected chi connectivity index (χ1v) is 10.5. The molecule has 1 amide bonds.